The zero-order chi connectivity index (χ0) is 17.4. The Bertz CT molecular complexity index is 541. The summed E-state index contributed by atoms with van der Waals surface area (Å²) < 4.78 is 16.3. The molecule has 1 saturated heterocycles. The summed E-state index contributed by atoms with van der Waals surface area (Å²) in [5.41, 5.74) is 2.35. The largest absolute Gasteiger partial charge is 0.469 e. The molecule has 132 valence electrons. The van der Waals surface area contributed by atoms with Gasteiger partial charge in [-0.2, -0.15) is 0 Å². The van der Waals surface area contributed by atoms with Crippen molar-refractivity contribution in [3.05, 3.63) is 41.5 Å². The highest BCUT2D eigenvalue weighted by Gasteiger charge is 2.17. The first-order chi connectivity index (χ1) is 11.6. The maximum Gasteiger partial charge on any atom is 0.306 e. The van der Waals surface area contributed by atoms with E-state index in [0.717, 1.165) is 43.6 Å². The number of ether oxygens (including phenoxy) is 3. The molecule has 0 saturated carbocycles. The van der Waals surface area contributed by atoms with Crippen LogP contribution < -0.4 is 4.74 Å². The average Bonchev–Trinajstić information content (AvgIpc) is 2.62. The number of rotatable bonds is 7. The minimum absolute atomic E-state index is 0.0254. The molecule has 0 radical (unpaired) electrons. The number of methoxy groups -OCH3 is 1. The second kappa shape index (κ2) is 9.48. The van der Waals surface area contributed by atoms with Crippen LogP contribution in [0.3, 0.4) is 0 Å². The zero-order valence-corrected chi connectivity index (χ0v) is 14.9. The van der Waals surface area contributed by atoms with Crippen LogP contribution in [0.5, 0.6) is 5.75 Å². The van der Waals surface area contributed by atoms with Gasteiger partial charge in [-0.1, -0.05) is 30.7 Å². The standard InChI is InChI=1S/C20H28O4/c1-4-15(2)13-17(14-19(21)22-3)16-8-10-18(11-9-16)24-20-7-5-6-12-23-20/h8-11,13,17,20H,4-7,12,14H2,1-3H3/t17-,20?/m0/s1. The van der Waals surface area contributed by atoms with Crippen molar-refractivity contribution in [2.45, 2.75) is 58.2 Å². The van der Waals surface area contributed by atoms with Gasteiger partial charge in [0.1, 0.15) is 5.75 Å². The van der Waals surface area contributed by atoms with Gasteiger partial charge in [-0.05, 0) is 43.9 Å². The molecule has 0 N–H and O–H groups in total. The zero-order valence-electron chi connectivity index (χ0n) is 14.9. The third kappa shape index (κ3) is 5.68. The average molecular weight is 332 g/mol. The first-order valence-electron chi connectivity index (χ1n) is 8.74. The van der Waals surface area contributed by atoms with Crippen molar-refractivity contribution in [3.8, 4) is 5.75 Å². The molecule has 2 atom stereocenters. The summed E-state index contributed by atoms with van der Waals surface area (Å²) in [6.45, 7) is 4.97. The summed E-state index contributed by atoms with van der Waals surface area (Å²) in [6.07, 6.45) is 6.51. The lowest BCUT2D eigenvalue weighted by Crippen LogP contribution is -2.24. The van der Waals surface area contributed by atoms with Crippen molar-refractivity contribution in [2.24, 2.45) is 0 Å². The smallest absolute Gasteiger partial charge is 0.306 e. The summed E-state index contributed by atoms with van der Waals surface area (Å²) in [6, 6.07) is 7.94. The third-order valence-electron chi connectivity index (χ3n) is 4.37. The summed E-state index contributed by atoms with van der Waals surface area (Å²) >= 11 is 0. The van der Waals surface area contributed by atoms with Crippen molar-refractivity contribution >= 4 is 5.97 Å². The molecule has 24 heavy (non-hydrogen) atoms. The molecular formula is C20H28O4. The molecule has 0 aromatic heterocycles. The highest BCUT2D eigenvalue weighted by Crippen LogP contribution is 2.27. The van der Waals surface area contributed by atoms with Gasteiger partial charge in [0.15, 0.2) is 6.29 Å². The van der Waals surface area contributed by atoms with Crippen LogP contribution in [0.2, 0.25) is 0 Å². The summed E-state index contributed by atoms with van der Waals surface area (Å²) in [5, 5.41) is 0. The third-order valence-corrected chi connectivity index (χ3v) is 4.37. The lowest BCUT2D eigenvalue weighted by atomic mass is 9.93. The van der Waals surface area contributed by atoms with Crippen LogP contribution in [0, 0.1) is 0 Å². The quantitative estimate of drug-likeness (QED) is 0.541. The molecule has 0 amide bonds. The Labute approximate surface area is 144 Å². The van der Waals surface area contributed by atoms with Crippen LogP contribution >= 0.6 is 0 Å². The van der Waals surface area contributed by atoms with E-state index in [4.69, 9.17) is 14.2 Å². The molecule has 1 fully saturated rings. The Kier molecular flexibility index (Phi) is 7.32. The number of benzene rings is 1. The molecule has 4 heteroatoms. The highest BCUT2D eigenvalue weighted by molar-refractivity contribution is 5.70. The summed E-state index contributed by atoms with van der Waals surface area (Å²) in [4.78, 5) is 11.7. The van der Waals surface area contributed by atoms with Crippen LogP contribution in [0.1, 0.15) is 57.4 Å². The van der Waals surface area contributed by atoms with Gasteiger partial charge in [0.25, 0.3) is 0 Å². The lowest BCUT2D eigenvalue weighted by molar-refractivity contribution is -0.140. The topological polar surface area (TPSA) is 44.8 Å². The normalized spacial score (nSPS) is 19.6. The van der Waals surface area contributed by atoms with Crippen molar-refractivity contribution < 1.29 is 19.0 Å². The summed E-state index contributed by atoms with van der Waals surface area (Å²) in [5.74, 6) is 0.632. The number of hydrogen-bond donors (Lipinski definition) is 0. The van der Waals surface area contributed by atoms with E-state index in [2.05, 4.69) is 19.9 Å². The maximum absolute atomic E-state index is 11.7. The van der Waals surface area contributed by atoms with Gasteiger partial charge in [0.05, 0.1) is 20.1 Å². The van der Waals surface area contributed by atoms with Gasteiger partial charge in [-0.25, -0.2) is 0 Å². The van der Waals surface area contributed by atoms with Crippen molar-refractivity contribution in [2.75, 3.05) is 13.7 Å². The van der Waals surface area contributed by atoms with E-state index >= 15 is 0 Å². The van der Waals surface area contributed by atoms with E-state index in [1.807, 2.05) is 24.3 Å². The second-order valence-corrected chi connectivity index (χ2v) is 6.24. The first-order valence-corrected chi connectivity index (χ1v) is 8.74. The van der Waals surface area contributed by atoms with Crippen LogP contribution in [0.4, 0.5) is 0 Å². The van der Waals surface area contributed by atoms with Crippen LogP contribution in [0.25, 0.3) is 0 Å². The van der Waals surface area contributed by atoms with Crippen molar-refractivity contribution in [1.29, 1.82) is 0 Å². The van der Waals surface area contributed by atoms with E-state index in [0.29, 0.717) is 6.42 Å². The van der Waals surface area contributed by atoms with Crippen molar-refractivity contribution in [1.82, 2.24) is 0 Å². The van der Waals surface area contributed by atoms with Crippen molar-refractivity contribution in [3.63, 3.8) is 0 Å². The number of hydrogen-bond acceptors (Lipinski definition) is 4. The van der Waals surface area contributed by atoms with Crippen LogP contribution in [-0.4, -0.2) is 26.0 Å². The minimum Gasteiger partial charge on any atom is -0.469 e. The fourth-order valence-electron chi connectivity index (χ4n) is 2.75. The van der Waals surface area contributed by atoms with Crippen LogP contribution in [-0.2, 0) is 14.3 Å². The Morgan fingerprint density at radius 1 is 1.33 bits per heavy atom. The highest BCUT2D eigenvalue weighted by atomic mass is 16.7. The maximum atomic E-state index is 11.7. The minimum atomic E-state index is -0.198. The van der Waals surface area contributed by atoms with Gasteiger partial charge in [-0.3, -0.25) is 4.79 Å². The monoisotopic (exact) mass is 332 g/mol. The number of allylic oxidation sites excluding steroid dienone is 2. The van der Waals surface area contributed by atoms with E-state index in [-0.39, 0.29) is 18.2 Å². The fourth-order valence-corrected chi connectivity index (χ4v) is 2.75. The summed E-state index contributed by atoms with van der Waals surface area (Å²) in [7, 11) is 1.43. The van der Waals surface area contributed by atoms with Gasteiger partial charge < -0.3 is 14.2 Å². The van der Waals surface area contributed by atoms with E-state index in [9.17, 15) is 4.79 Å². The molecule has 2 rings (SSSR count). The lowest BCUT2D eigenvalue weighted by Gasteiger charge is -2.23. The molecule has 1 heterocycles. The Hall–Kier alpha value is -1.81. The van der Waals surface area contributed by atoms with E-state index in [1.54, 1.807) is 0 Å². The molecule has 4 nitrogen and oxygen atoms in total. The molecule has 1 aliphatic rings. The van der Waals surface area contributed by atoms with Gasteiger partial charge in [0.2, 0.25) is 0 Å². The molecule has 1 unspecified atom stereocenters. The van der Waals surface area contributed by atoms with Crippen LogP contribution in [0.15, 0.2) is 35.9 Å². The number of esters is 1. The number of carbonyl (C=O) groups excluding carboxylic acids is 1. The van der Waals surface area contributed by atoms with E-state index in [1.165, 1.54) is 12.7 Å². The number of carbonyl (C=O) groups is 1. The molecule has 1 aromatic carbocycles. The van der Waals surface area contributed by atoms with Gasteiger partial charge in [0, 0.05) is 12.3 Å². The predicted molar refractivity (Wildman–Crippen MR) is 94.1 cm³/mol. The molecule has 0 spiro atoms. The first kappa shape index (κ1) is 18.5. The molecular weight excluding hydrogens is 304 g/mol. The second-order valence-electron chi connectivity index (χ2n) is 6.24. The SMILES string of the molecule is CCC(C)=C[C@@H](CC(=O)OC)c1ccc(OC2CCCCO2)cc1. The fraction of sp³-hybridized carbons (Fsp3) is 0.550. The Morgan fingerprint density at radius 3 is 2.67 bits per heavy atom. The van der Waals surface area contributed by atoms with Gasteiger partial charge in [-0.15, -0.1) is 0 Å². The Morgan fingerprint density at radius 2 is 2.08 bits per heavy atom. The Balaban J connectivity index is 2.07. The van der Waals surface area contributed by atoms with Gasteiger partial charge >= 0.3 is 5.97 Å². The molecule has 0 bridgehead atoms. The molecule has 0 aliphatic carbocycles. The molecule has 1 aliphatic heterocycles. The predicted octanol–water partition coefficient (Wildman–Crippen LogP) is 4.60. The van der Waals surface area contributed by atoms with E-state index < -0.39 is 0 Å². The molecule has 1 aromatic rings.